The Morgan fingerprint density at radius 3 is 1.53 bits per heavy atom. The largest absolute Gasteiger partial charge is 0.444 e. The van der Waals surface area contributed by atoms with Gasteiger partial charge in [0.05, 0.1) is 53.7 Å². The van der Waals surface area contributed by atoms with Gasteiger partial charge in [-0.2, -0.15) is 0 Å². The van der Waals surface area contributed by atoms with E-state index in [1.807, 2.05) is 138 Å². The number of carbonyl (C=O) groups is 2. The van der Waals surface area contributed by atoms with Crippen LogP contribution in [0.5, 0.6) is 0 Å². The van der Waals surface area contributed by atoms with E-state index in [0.717, 1.165) is 61.6 Å². The first-order valence-corrected chi connectivity index (χ1v) is 26.1. The molecule has 4 aliphatic rings. The molecule has 2 aliphatic heterocycles. The Bertz CT molecular complexity index is 3230. The summed E-state index contributed by atoms with van der Waals surface area (Å²) in [5.41, 5.74) is 18.9. The van der Waals surface area contributed by atoms with Crippen LogP contribution in [0, 0.1) is 0 Å². The van der Waals surface area contributed by atoms with Crippen LogP contribution in [0.2, 0.25) is 10.0 Å². The topological polar surface area (TPSA) is 196 Å². The summed E-state index contributed by atoms with van der Waals surface area (Å²) in [4.78, 5) is 54.8. The van der Waals surface area contributed by atoms with E-state index in [9.17, 15) is 20.2 Å². The molecule has 20 heteroatoms. The number of hydrogen-bond donors (Lipinski definition) is 1. The van der Waals surface area contributed by atoms with Gasteiger partial charge in [-0.3, -0.25) is 19.8 Å². The molecule has 0 saturated carbocycles. The SMILES string of the molecule is Cn1cncc1C(N=[N+]=[N-])C1=Cc2cccnc2[C@@H](N2CCN(C(=O)OC(C)(C)C)CC2)c2ccc(Cl)cc21.Cn1cncc1C(O)C1=Cc2cccnc2[C@@H](N2CCN(C(=O)OC(C)(C)C)CC2)c2ccc(Cl)cc21. The highest BCUT2D eigenvalue weighted by molar-refractivity contribution is 6.31. The Balaban J connectivity index is 0.000000186. The zero-order valence-corrected chi connectivity index (χ0v) is 45.5. The van der Waals surface area contributed by atoms with Crippen molar-refractivity contribution in [2.24, 2.45) is 19.2 Å². The average molecular weight is 1070 g/mol. The smallest absolute Gasteiger partial charge is 0.410 e. The molecule has 10 rings (SSSR count). The third-order valence-corrected chi connectivity index (χ3v) is 14.3. The van der Waals surface area contributed by atoms with E-state index in [-0.39, 0.29) is 24.3 Å². The van der Waals surface area contributed by atoms with Crippen LogP contribution >= 0.6 is 23.2 Å². The lowest BCUT2D eigenvalue weighted by Gasteiger charge is -2.40. The van der Waals surface area contributed by atoms with Gasteiger partial charge in [-0.25, -0.2) is 19.6 Å². The number of piperazine rings is 2. The van der Waals surface area contributed by atoms with Gasteiger partial charge < -0.3 is 33.5 Å². The summed E-state index contributed by atoms with van der Waals surface area (Å²) in [7, 11) is 3.74. The van der Waals surface area contributed by atoms with Crippen molar-refractivity contribution in [3.63, 3.8) is 0 Å². The number of aryl methyl sites for hydroxylation is 2. The summed E-state index contributed by atoms with van der Waals surface area (Å²) in [6.07, 6.45) is 12.9. The molecule has 18 nitrogen and oxygen atoms in total. The number of halogens is 2. The molecule has 1 N–H and O–H groups in total. The van der Waals surface area contributed by atoms with Crippen LogP contribution in [0.15, 0.2) is 103 Å². The highest BCUT2D eigenvalue weighted by Gasteiger charge is 2.38. The monoisotopic (exact) mass is 1070 g/mol. The summed E-state index contributed by atoms with van der Waals surface area (Å²) in [5.74, 6) is 0. The predicted molar refractivity (Wildman–Crippen MR) is 293 cm³/mol. The van der Waals surface area contributed by atoms with E-state index in [0.29, 0.717) is 68.1 Å². The van der Waals surface area contributed by atoms with Crippen LogP contribution in [0.4, 0.5) is 9.59 Å². The van der Waals surface area contributed by atoms with Crippen molar-refractivity contribution in [3.05, 3.63) is 175 Å². The fraction of sp³-hybridized carbons (Fsp3) is 0.393. The third kappa shape index (κ3) is 11.7. The zero-order valence-electron chi connectivity index (χ0n) is 44.0. The molecule has 76 heavy (non-hydrogen) atoms. The summed E-state index contributed by atoms with van der Waals surface area (Å²) in [5, 5.41) is 16.9. The van der Waals surface area contributed by atoms with E-state index in [1.165, 1.54) is 0 Å². The maximum atomic E-state index is 12.7. The number of hydrogen-bond acceptors (Lipinski definition) is 12. The number of carbonyl (C=O) groups excluding carboxylic acids is 2. The van der Waals surface area contributed by atoms with Gasteiger partial charge in [-0.05, 0) is 140 Å². The molecule has 2 aliphatic carbocycles. The number of amides is 2. The van der Waals surface area contributed by atoms with Gasteiger partial charge in [0.2, 0.25) is 0 Å². The molecule has 4 atom stereocenters. The highest BCUT2D eigenvalue weighted by Crippen LogP contribution is 2.47. The quantitative estimate of drug-likeness (QED) is 0.0907. The molecule has 2 amide bonds. The van der Waals surface area contributed by atoms with Gasteiger partial charge in [-0.15, -0.1) is 0 Å². The summed E-state index contributed by atoms with van der Waals surface area (Å²) in [6, 6.07) is 18.5. The van der Waals surface area contributed by atoms with Crippen LogP contribution in [0.3, 0.4) is 0 Å². The highest BCUT2D eigenvalue weighted by atomic mass is 35.5. The standard InChI is InChI=1S/C28H31ClN8O2.C28H32ClN5O3/c1-28(2,3)39-27(38)37-12-10-36(11-13-37)26-20-8-7-19(29)15-21(20)22(14-18-6-5-9-32-24(18)26)25(33-34-30)23-16-31-17-35(23)4;1-28(2,3)37-27(36)34-12-10-33(11-13-34)25-20-8-7-19(29)15-21(20)22(14-18-6-5-9-31-24(18)25)26(35)23-16-30-17-32(23)4/h5-9,14-17,25-26H,10-13H2,1-4H3;5-9,14-17,25-26,35H,10-13H2,1-4H3/t25?,26-;25-,26?/m00/s1. The van der Waals surface area contributed by atoms with Gasteiger partial charge in [-0.1, -0.05) is 52.6 Å². The maximum absolute atomic E-state index is 12.7. The number of benzene rings is 2. The lowest BCUT2D eigenvalue weighted by molar-refractivity contribution is 0.0109. The number of fused-ring (bicyclic) bond motifs is 4. The minimum atomic E-state index is -0.902. The van der Waals surface area contributed by atoms with Crippen LogP contribution in [-0.4, -0.2) is 130 Å². The number of rotatable bonds is 7. The second kappa shape index (κ2) is 22.3. The van der Waals surface area contributed by atoms with Crippen molar-refractivity contribution in [3.8, 4) is 0 Å². The van der Waals surface area contributed by atoms with Crippen LogP contribution in [0.25, 0.3) is 33.7 Å². The van der Waals surface area contributed by atoms with E-state index in [4.69, 9.17) is 42.6 Å². The fourth-order valence-electron chi connectivity index (χ4n) is 10.3. The summed E-state index contributed by atoms with van der Waals surface area (Å²) in [6.45, 7) is 16.0. The van der Waals surface area contributed by atoms with Crippen molar-refractivity contribution in [2.75, 3.05) is 52.4 Å². The maximum Gasteiger partial charge on any atom is 0.410 e. The van der Waals surface area contributed by atoms with Gasteiger partial charge >= 0.3 is 12.2 Å². The molecule has 6 aromatic rings. The van der Waals surface area contributed by atoms with Gasteiger partial charge in [0.25, 0.3) is 0 Å². The number of azide groups is 1. The molecular formula is C56H63Cl2N13O5. The van der Waals surface area contributed by atoms with Crippen molar-refractivity contribution in [1.82, 2.24) is 48.7 Å². The lowest BCUT2D eigenvalue weighted by atomic mass is 9.90. The van der Waals surface area contributed by atoms with E-state index >= 15 is 0 Å². The van der Waals surface area contributed by atoms with Crippen LogP contribution < -0.4 is 0 Å². The van der Waals surface area contributed by atoms with Crippen molar-refractivity contribution in [1.29, 1.82) is 0 Å². The molecule has 2 fully saturated rings. The molecule has 4 aromatic heterocycles. The minimum absolute atomic E-state index is 0.170. The first-order chi connectivity index (χ1) is 36.3. The van der Waals surface area contributed by atoms with E-state index < -0.39 is 23.3 Å². The molecule has 0 spiro atoms. The Hall–Kier alpha value is -7.05. The Kier molecular flexibility index (Phi) is 15.8. The normalized spacial score (nSPS) is 18.6. The van der Waals surface area contributed by atoms with Crippen molar-refractivity contribution < 1.29 is 24.2 Å². The second-order valence-electron chi connectivity index (χ2n) is 21.3. The number of imidazole rings is 2. The number of aliphatic hydroxyl groups is 1. The summed E-state index contributed by atoms with van der Waals surface area (Å²) >= 11 is 13.0. The molecule has 6 heterocycles. The van der Waals surface area contributed by atoms with Crippen molar-refractivity contribution in [2.45, 2.75) is 77.0 Å². The molecule has 0 bridgehead atoms. The summed E-state index contributed by atoms with van der Waals surface area (Å²) < 4.78 is 14.9. The minimum Gasteiger partial charge on any atom is -0.444 e. The second-order valence-corrected chi connectivity index (χ2v) is 22.2. The van der Waals surface area contributed by atoms with Crippen molar-refractivity contribution >= 4 is 58.7 Å². The number of ether oxygens (including phenoxy) is 2. The molecule has 0 radical (unpaired) electrons. The average Bonchev–Trinajstić information content (AvgIpc) is 3.95. The van der Waals surface area contributed by atoms with Gasteiger partial charge in [0, 0.05) is 100 Å². The number of aliphatic hydroxyl groups excluding tert-OH is 1. The zero-order chi connectivity index (χ0) is 54.1. The first-order valence-electron chi connectivity index (χ1n) is 25.3. The van der Waals surface area contributed by atoms with Gasteiger partial charge in [0.15, 0.2) is 0 Å². The predicted octanol–water partition coefficient (Wildman–Crippen LogP) is 10.7. The van der Waals surface area contributed by atoms with E-state index in [2.05, 4.69) is 29.8 Å². The number of nitrogens with zero attached hydrogens (tertiary/aromatic N) is 13. The molecule has 2 aromatic carbocycles. The Morgan fingerprint density at radius 1 is 0.671 bits per heavy atom. The molecular weight excluding hydrogens is 1010 g/mol. The van der Waals surface area contributed by atoms with E-state index in [1.54, 1.807) is 47.2 Å². The lowest BCUT2D eigenvalue weighted by Crippen LogP contribution is -2.51. The first kappa shape index (κ1) is 53.8. The molecule has 2 unspecified atom stereocenters. The molecule has 2 saturated heterocycles. The number of pyridine rings is 2. The van der Waals surface area contributed by atoms with Crippen LogP contribution in [0.1, 0.15) is 122 Å². The fourth-order valence-corrected chi connectivity index (χ4v) is 10.6. The third-order valence-electron chi connectivity index (χ3n) is 13.8. The van der Waals surface area contributed by atoms with Gasteiger partial charge in [0.1, 0.15) is 23.3 Å². The number of aromatic nitrogens is 6. The molecule has 396 valence electrons. The Labute approximate surface area is 452 Å². The Morgan fingerprint density at radius 2 is 1.11 bits per heavy atom. The van der Waals surface area contributed by atoms with Crippen LogP contribution in [-0.2, 0) is 23.6 Å².